The molecule has 126 valence electrons. The number of hydrogen-bond acceptors (Lipinski definition) is 7. The predicted octanol–water partition coefficient (Wildman–Crippen LogP) is 1.21. The van der Waals surface area contributed by atoms with Crippen molar-refractivity contribution in [3.05, 3.63) is 30.4 Å². The second-order valence-electron chi connectivity index (χ2n) is 6.97. The van der Waals surface area contributed by atoms with Gasteiger partial charge in [-0.15, -0.1) is 0 Å². The Balaban J connectivity index is 1.47. The van der Waals surface area contributed by atoms with Crippen LogP contribution in [0.4, 0.5) is 17.6 Å². The van der Waals surface area contributed by atoms with Crippen LogP contribution in [0.5, 0.6) is 0 Å². The van der Waals surface area contributed by atoms with E-state index in [2.05, 4.69) is 36.7 Å². The Morgan fingerprint density at radius 1 is 1.04 bits per heavy atom. The molecule has 0 aromatic carbocycles. The number of anilines is 3. The fourth-order valence-electron chi connectivity index (χ4n) is 3.79. The largest absolute Gasteiger partial charge is 0.363 e. The number of aryl methyl sites for hydroxylation is 1. The van der Waals surface area contributed by atoms with Crippen LogP contribution < -0.4 is 14.7 Å². The van der Waals surface area contributed by atoms with E-state index in [1.807, 2.05) is 37.5 Å². The summed E-state index contributed by atoms with van der Waals surface area (Å²) >= 11 is 0. The lowest BCUT2D eigenvalue weighted by molar-refractivity contribution is 0.533. The summed E-state index contributed by atoms with van der Waals surface area (Å²) in [5.74, 6) is 4.17. The average Bonchev–Trinajstić information content (AvgIpc) is 3.14. The summed E-state index contributed by atoms with van der Waals surface area (Å²) < 4.78 is 0. The van der Waals surface area contributed by atoms with Gasteiger partial charge in [-0.25, -0.2) is 15.0 Å². The maximum Gasteiger partial charge on any atom is 0.227 e. The molecule has 2 aliphatic rings. The Hall–Kier alpha value is -2.44. The lowest BCUT2D eigenvalue weighted by Crippen LogP contribution is -2.30. The minimum atomic E-state index is 0.644. The standard InChI is InChI=1S/C17H23N7/c1-12-6-18-11-20-16(12)23-7-13-9-24(10-14(13)8-23)17-19-5-4-15(21-17)22(2)3/h4-6,11,13-14H,7-10H2,1-3H3. The minimum absolute atomic E-state index is 0.644. The van der Waals surface area contributed by atoms with Crippen LogP contribution in [-0.2, 0) is 0 Å². The highest BCUT2D eigenvalue weighted by Gasteiger charge is 2.41. The smallest absolute Gasteiger partial charge is 0.227 e. The first-order valence-electron chi connectivity index (χ1n) is 8.38. The fourth-order valence-corrected chi connectivity index (χ4v) is 3.79. The molecule has 2 aliphatic heterocycles. The van der Waals surface area contributed by atoms with E-state index in [4.69, 9.17) is 0 Å². The molecule has 0 spiro atoms. The molecule has 7 heteroatoms. The summed E-state index contributed by atoms with van der Waals surface area (Å²) in [4.78, 5) is 24.5. The van der Waals surface area contributed by atoms with Gasteiger partial charge in [-0.1, -0.05) is 0 Å². The molecule has 0 radical (unpaired) electrons. The van der Waals surface area contributed by atoms with E-state index >= 15 is 0 Å². The van der Waals surface area contributed by atoms with Crippen LogP contribution in [-0.4, -0.2) is 60.2 Å². The van der Waals surface area contributed by atoms with Crippen LogP contribution in [0.1, 0.15) is 5.56 Å². The zero-order valence-electron chi connectivity index (χ0n) is 14.4. The molecule has 2 saturated heterocycles. The maximum atomic E-state index is 4.68. The molecule has 2 aromatic heterocycles. The van der Waals surface area contributed by atoms with E-state index < -0.39 is 0 Å². The molecule has 4 heterocycles. The lowest BCUT2D eigenvalue weighted by Gasteiger charge is -2.23. The Bertz CT molecular complexity index is 718. The fraction of sp³-hybridized carbons (Fsp3) is 0.529. The van der Waals surface area contributed by atoms with Gasteiger partial charge in [0, 0.05) is 70.1 Å². The number of nitrogens with zero attached hydrogens (tertiary/aromatic N) is 7. The van der Waals surface area contributed by atoms with Gasteiger partial charge in [-0.05, 0) is 13.0 Å². The molecule has 0 amide bonds. The third kappa shape index (κ3) is 2.64. The van der Waals surface area contributed by atoms with E-state index in [0.717, 1.165) is 49.3 Å². The van der Waals surface area contributed by atoms with Crippen molar-refractivity contribution in [2.24, 2.45) is 11.8 Å². The van der Waals surface area contributed by atoms with Crippen molar-refractivity contribution in [2.45, 2.75) is 6.92 Å². The van der Waals surface area contributed by atoms with Crippen molar-refractivity contribution in [2.75, 3.05) is 55.0 Å². The first-order valence-corrected chi connectivity index (χ1v) is 8.38. The summed E-state index contributed by atoms with van der Waals surface area (Å²) in [5.41, 5.74) is 1.15. The number of hydrogen-bond donors (Lipinski definition) is 0. The third-order valence-corrected chi connectivity index (χ3v) is 5.02. The predicted molar refractivity (Wildman–Crippen MR) is 94.5 cm³/mol. The quantitative estimate of drug-likeness (QED) is 0.840. The molecule has 7 nitrogen and oxygen atoms in total. The SMILES string of the molecule is Cc1cncnc1N1CC2CN(c3nccc(N(C)C)n3)CC2C1. The summed E-state index contributed by atoms with van der Waals surface area (Å²) in [5, 5.41) is 0. The van der Waals surface area contributed by atoms with Gasteiger partial charge in [0.15, 0.2) is 0 Å². The van der Waals surface area contributed by atoms with Gasteiger partial charge in [-0.2, -0.15) is 4.98 Å². The summed E-state index contributed by atoms with van der Waals surface area (Å²) in [6.45, 7) is 6.21. The second kappa shape index (κ2) is 5.89. The molecule has 0 N–H and O–H groups in total. The normalized spacial score (nSPS) is 22.8. The Morgan fingerprint density at radius 2 is 1.75 bits per heavy atom. The molecule has 24 heavy (non-hydrogen) atoms. The van der Waals surface area contributed by atoms with Gasteiger partial charge in [0.05, 0.1) is 0 Å². The van der Waals surface area contributed by atoms with Crippen molar-refractivity contribution in [3.63, 3.8) is 0 Å². The van der Waals surface area contributed by atoms with Crippen molar-refractivity contribution >= 4 is 17.6 Å². The van der Waals surface area contributed by atoms with Crippen LogP contribution in [0.15, 0.2) is 24.8 Å². The molecular weight excluding hydrogens is 302 g/mol. The number of fused-ring (bicyclic) bond motifs is 1. The summed E-state index contributed by atoms with van der Waals surface area (Å²) in [6.07, 6.45) is 5.38. The highest BCUT2D eigenvalue weighted by atomic mass is 15.3. The van der Waals surface area contributed by atoms with Crippen LogP contribution in [0.25, 0.3) is 0 Å². The molecule has 2 fully saturated rings. The minimum Gasteiger partial charge on any atom is -0.363 e. The Labute approximate surface area is 142 Å². The second-order valence-corrected chi connectivity index (χ2v) is 6.97. The van der Waals surface area contributed by atoms with Gasteiger partial charge in [0.2, 0.25) is 5.95 Å². The van der Waals surface area contributed by atoms with Crippen LogP contribution >= 0.6 is 0 Å². The molecule has 2 atom stereocenters. The monoisotopic (exact) mass is 325 g/mol. The van der Waals surface area contributed by atoms with Crippen molar-refractivity contribution < 1.29 is 0 Å². The van der Waals surface area contributed by atoms with Crippen LogP contribution in [0, 0.1) is 18.8 Å². The first-order chi connectivity index (χ1) is 11.6. The van der Waals surface area contributed by atoms with Gasteiger partial charge < -0.3 is 14.7 Å². The number of rotatable bonds is 3. The van der Waals surface area contributed by atoms with Crippen LogP contribution in [0.2, 0.25) is 0 Å². The topological polar surface area (TPSA) is 61.3 Å². The van der Waals surface area contributed by atoms with Gasteiger partial charge >= 0.3 is 0 Å². The maximum absolute atomic E-state index is 4.68. The highest BCUT2D eigenvalue weighted by Crippen LogP contribution is 2.35. The van der Waals surface area contributed by atoms with E-state index in [0.29, 0.717) is 11.8 Å². The lowest BCUT2D eigenvalue weighted by atomic mass is 10.0. The number of aromatic nitrogens is 4. The van der Waals surface area contributed by atoms with Gasteiger partial charge in [0.1, 0.15) is 18.0 Å². The van der Waals surface area contributed by atoms with Crippen molar-refractivity contribution in [1.82, 2.24) is 19.9 Å². The van der Waals surface area contributed by atoms with Crippen molar-refractivity contribution in [1.29, 1.82) is 0 Å². The van der Waals surface area contributed by atoms with Crippen LogP contribution in [0.3, 0.4) is 0 Å². The van der Waals surface area contributed by atoms with E-state index in [1.165, 1.54) is 0 Å². The Morgan fingerprint density at radius 3 is 2.42 bits per heavy atom. The zero-order chi connectivity index (χ0) is 16.7. The molecule has 0 saturated carbocycles. The summed E-state index contributed by atoms with van der Waals surface area (Å²) in [6, 6.07) is 1.94. The van der Waals surface area contributed by atoms with E-state index in [-0.39, 0.29) is 0 Å². The molecule has 4 rings (SSSR count). The van der Waals surface area contributed by atoms with Gasteiger partial charge in [0.25, 0.3) is 0 Å². The molecule has 2 unspecified atom stereocenters. The molecule has 2 aromatic rings. The third-order valence-electron chi connectivity index (χ3n) is 5.02. The Kier molecular flexibility index (Phi) is 3.70. The van der Waals surface area contributed by atoms with E-state index in [1.54, 1.807) is 6.33 Å². The highest BCUT2D eigenvalue weighted by molar-refractivity contribution is 5.48. The van der Waals surface area contributed by atoms with Gasteiger partial charge in [-0.3, -0.25) is 0 Å². The van der Waals surface area contributed by atoms with E-state index in [9.17, 15) is 0 Å². The average molecular weight is 325 g/mol. The molecule has 0 bridgehead atoms. The molecular formula is C17H23N7. The summed E-state index contributed by atoms with van der Waals surface area (Å²) in [7, 11) is 4.01. The zero-order valence-corrected chi connectivity index (χ0v) is 14.4. The first kappa shape index (κ1) is 15.1. The van der Waals surface area contributed by atoms with Crippen molar-refractivity contribution in [3.8, 4) is 0 Å². The molecule has 0 aliphatic carbocycles.